The van der Waals surface area contributed by atoms with E-state index < -0.39 is 0 Å². The minimum absolute atomic E-state index is 0.154. The first-order chi connectivity index (χ1) is 14.2. The highest BCUT2D eigenvalue weighted by Crippen LogP contribution is 2.40. The summed E-state index contributed by atoms with van der Waals surface area (Å²) in [6.45, 7) is 4.02. The molecule has 1 aliphatic heterocycles. The van der Waals surface area contributed by atoms with Crippen LogP contribution in [0.5, 0.6) is 5.75 Å². The van der Waals surface area contributed by atoms with Crippen LogP contribution in [0.3, 0.4) is 0 Å². The smallest absolute Gasteiger partial charge is 0.119 e. The minimum Gasteiger partial charge on any atom is -0.497 e. The van der Waals surface area contributed by atoms with E-state index in [1.165, 1.54) is 39.0 Å². The molecule has 0 fully saturated rings. The molecule has 148 valence electrons. The summed E-state index contributed by atoms with van der Waals surface area (Å²) in [5.41, 5.74) is 7.69. The van der Waals surface area contributed by atoms with Crippen molar-refractivity contribution in [2.45, 2.75) is 25.9 Å². The summed E-state index contributed by atoms with van der Waals surface area (Å²) in [7, 11) is 3.73. The van der Waals surface area contributed by atoms with Gasteiger partial charge in [-0.3, -0.25) is 9.58 Å². The van der Waals surface area contributed by atoms with E-state index in [0.29, 0.717) is 0 Å². The lowest BCUT2D eigenvalue weighted by Gasteiger charge is -2.36. The molecule has 0 unspecified atom stereocenters. The first-order valence-electron chi connectivity index (χ1n) is 10.1. The third kappa shape index (κ3) is 3.02. The van der Waals surface area contributed by atoms with Crippen LogP contribution < -0.4 is 4.74 Å². The molecular formula is C24H26N4O. The van der Waals surface area contributed by atoms with E-state index in [-0.39, 0.29) is 6.04 Å². The van der Waals surface area contributed by atoms with Crippen LogP contribution in [-0.4, -0.2) is 33.3 Å². The maximum atomic E-state index is 5.53. The van der Waals surface area contributed by atoms with E-state index in [1.54, 1.807) is 7.11 Å². The number of nitrogens with one attached hydrogen (secondary N) is 1. The molecule has 1 aliphatic rings. The van der Waals surface area contributed by atoms with Crippen LogP contribution in [0.25, 0.3) is 10.9 Å². The van der Waals surface area contributed by atoms with Gasteiger partial charge in [-0.2, -0.15) is 5.10 Å². The maximum absolute atomic E-state index is 5.53. The topological polar surface area (TPSA) is 46.1 Å². The summed E-state index contributed by atoms with van der Waals surface area (Å²) in [6, 6.07) is 17.2. The first kappa shape index (κ1) is 18.0. The van der Waals surface area contributed by atoms with Gasteiger partial charge in [-0.1, -0.05) is 30.3 Å². The number of hydrogen-bond donors (Lipinski definition) is 1. The van der Waals surface area contributed by atoms with E-state index in [9.17, 15) is 0 Å². The van der Waals surface area contributed by atoms with E-state index in [1.807, 2.05) is 24.0 Å². The Morgan fingerprint density at radius 3 is 2.83 bits per heavy atom. The number of aromatic nitrogens is 3. The zero-order valence-electron chi connectivity index (χ0n) is 17.1. The van der Waals surface area contributed by atoms with Crippen LogP contribution in [0, 0.1) is 6.92 Å². The standard InChI is InChI=1S/C24H26N4O/c1-16-18(14-25-27(16)2)15-28-12-11-21-20-9-4-5-10-22(20)26-23(21)24(28)17-7-6-8-19(13-17)29-3/h4-10,13-14,24,26H,11-12,15H2,1-3H3/t24-/m0/s1. The van der Waals surface area contributed by atoms with Crippen molar-refractivity contribution in [3.63, 3.8) is 0 Å². The lowest BCUT2D eigenvalue weighted by molar-refractivity contribution is 0.201. The van der Waals surface area contributed by atoms with Crippen molar-refractivity contribution in [3.8, 4) is 5.75 Å². The molecule has 29 heavy (non-hydrogen) atoms. The Morgan fingerprint density at radius 1 is 1.17 bits per heavy atom. The third-order valence-corrected chi connectivity index (χ3v) is 6.25. The van der Waals surface area contributed by atoms with E-state index in [4.69, 9.17) is 4.74 Å². The molecule has 0 amide bonds. The number of methoxy groups -OCH3 is 1. The summed E-state index contributed by atoms with van der Waals surface area (Å²) >= 11 is 0. The van der Waals surface area contributed by atoms with Crippen molar-refractivity contribution in [2.75, 3.05) is 13.7 Å². The van der Waals surface area contributed by atoms with Gasteiger partial charge < -0.3 is 9.72 Å². The van der Waals surface area contributed by atoms with Crippen molar-refractivity contribution in [3.05, 3.63) is 82.8 Å². The number of hydrogen-bond acceptors (Lipinski definition) is 3. The lowest BCUT2D eigenvalue weighted by Crippen LogP contribution is -2.35. The quantitative estimate of drug-likeness (QED) is 0.567. The fraction of sp³-hybridized carbons (Fsp3) is 0.292. The summed E-state index contributed by atoms with van der Waals surface area (Å²) in [5, 5.41) is 5.79. The van der Waals surface area contributed by atoms with Gasteiger partial charge in [0.05, 0.1) is 19.3 Å². The number of rotatable bonds is 4. The summed E-state index contributed by atoms with van der Waals surface area (Å²) < 4.78 is 7.48. The van der Waals surface area contributed by atoms with E-state index in [2.05, 4.69) is 64.4 Å². The summed E-state index contributed by atoms with van der Waals surface area (Å²) in [6.07, 6.45) is 3.04. The fourth-order valence-corrected chi connectivity index (χ4v) is 4.57. The molecule has 0 saturated heterocycles. The zero-order valence-corrected chi connectivity index (χ0v) is 17.1. The SMILES string of the molecule is COc1cccc([C@H]2c3[nH]c4ccccc4c3CCN2Cc2cnn(C)c2C)c1. The van der Waals surface area contributed by atoms with Gasteiger partial charge in [-0.05, 0) is 42.7 Å². The number of fused-ring (bicyclic) bond motifs is 3. The van der Waals surface area contributed by atoms with Gasteiger partial charge in [0.2, 0.25) is 0 Å². The molecule has 4 aromatic rings. The predicted octanol–water partition coefficient (Wildman–Crippen LogP) is 4.37. The number of para-hydroxylation sites is 1. The van der Waals surface area contributed by atoms with Crippen LogP contribution in [0.2, 0.25) is 0 Å². The third-order valence-electron chi connectivity index (χ3n) is 6.25. The van der Waals surface area contributed by atoms with Crippen LogP contribution in [0.4, 0.5) is 0 Å². The number of nitrogens with zero attached hydrogens (tertiary/aromatic N) is 3. The average molecular weight is 386 g/mol. The van der Waals surface area contributed by atoms with Crippen molar-refractivity contribution in [2.24, 2.45) is 7.05 Å². The van der Waals surface area contributed by atoms with E-state index >= 15 is 0 Å². The molecule has 2 aromatic carbocycles. The molecule has 1 atom stereocenters. The molecule has 0 aliphatic carbocycles. The summed E-state index contributed by atoms with van der Waals surface area (Å²) in [4.78, 5) is 6.29. The number of ether oxygens (including phenoxy) is 1. The van der Waals surface area contributed by atoms with Crippen LogP contribution in [0.1, 0.15) is 34.1 Å². The molecule has 0 spiro atoms. The molecule has 0 radical (unpaired) electrons. The highest BCUT2D eigenvalue weighted by atomic mass is 16.5. The van der Waals surface area contributed by atoms with Crippen molar-refractivity contribution in [1.29, 1.82) is 0 Å². The Bertz CT molecular complexity index is 1170. The highest BCUT2D eigenvalue weighted by molar-refractivity contribution is 5.85. The van der Waals surface area contributed by atoms with Gasteiger partial charge in [0.25, 0.3) is 0 Å². The fourth-order valence-electron chi connectivity index (χ4n) is 4.57. The van der Waals surface area contributed by atoms with Gasteiger partial charge >= 0.3 is 0 Å². The van der Waals surface area contributed by atoms with Crippen LogP contribution >= 0.6 is 0 Å². The largest absolute Gasteiger partial charge is 0.497 e. The number of H-pyrrole nitrogens is 1. The second kappa shape index (κ2) is 7.08. The summed E-state index contributed by atoms with van der Waals surface area (Å²) in [5.74, 6) is 0.892. The van der Waals surface area contributed by atoms with Gasteiger partial charge in [-0.25, -0.2) is 0 Å². The monoisotopic (exact) mass is 386 g/mol. The zero-order chi connectivity index (χ0) is 20.0. The van der Waals surface area contributed by atoms with Crippen molar-refractivity contribution >= 4 is 10.9 Å². The highest BCUT2D eigenvalue weighted by Gasteiger charge is 2.32. The number of aromatic amines is 1. The molecule has 1 N–H and O–H groups in total. The average Bonchev–Trinajstić information content (AvgIpc) is 3.28. The number of benzene rings is 2. The molecular weight excluding hydrogens is 360 g/mol. The number of aryl methyl sites for hydroxylation is 1. The van der Waals surface area contributed by atoms with Crippen LogP contribution in [-0.2, 0) is 20.0 Å². The Kier molecular flexibility index (Phi) is 4.40. The second-order valence-electron chi connectivity index (χ2n) is 7.84. The lowest BCUT2D eigenvalue weighted by atomic mass is 9.92. The molecule has 0 saturated carbocycles. The van der Waals surface area contributed by atoms with E-state index in [0.717, 1.165) is 25.3 Å². The van der Waals surface area contributed by atoms with Gasteiger partial charge in [0, 0.05) is 48.0 Å². The first-order valence-corrected chi connectivity index (χ1v) is 10.1. The maximum Gasteiger partial charge on any atom is 0.119 e. The van der Waals surface area contributed by atoms with Gasteiger partial charge in [-0.15, -0.1) is 0 Å². The Hall–Kier alpha value is -3.05. The Balaban J connectivity index is 1.63. The van der Waals surface area contributed by atoms with Gasteiger partial charge in [0.15, 0.2) is 0 Å². The second-order valence-corrected chi connectivity index (χ2v) is 7.84. The van der Waals surface area contributed by atoms with Crippen molar-refractivity contribution < 1.29 is 4.74 Å². The molecule has 5 nitrogen and oxygen atoms in total. The van der Waals surface area contributed by atoms with Gasteiger partial charge in [0.1, 0.15) is 5.75 Å². The Morgan fingerprint density at radius 2 is 2.03 bits per heavy atom. The van der Waals surface area contributed by atoms with Crippen molar-refractivity contribution in [1.82, 2.24) is 19.7 Å². The molecule has 0 bridgehead atoms. The molecule has 5 rings (SSSR count). The predicted molar refractivity (Wildman–Crippen MR) is 115 cm³/mol. The van der Waals surface area contributed by atoms with Crippen LogP contribution in [0.15, 0.2) is 54.7 Å². The molecule has 3 heterocycles. The molecule has 2 aromatic heterocycles. The normalized spacial score (nSPS) is 16.9. The Labute approximate surface area is 170 Å². The molecule has 5 heteroatoms. The minimum atomic E-state index is 0.154.